The Hall–Kier alpha value is -0.200. The van der Waals surface area contributed by atoms with Crippen molar-refractivity contribution in [2.24, 2.45) is 0 Å². The summed E-state index contributed by atoms with van der Waals surface area (Å²) in [6, 6.07) is 0. The van der Waals surface area contributed by atoms with Gasteiger partial charge in [0.2, 0.25) is 5.79 Å². The van der Waals surface area contributed by atoms with Crippen LogP contribution >= 0.6 is 0 Å². The Bertz CT molecular complexity index is 132. The van der Waals surface area contributed by atoms with Crippen LogP contribution in [-0.2, 0) is 9.47 Å². The van der Waals surface area contributed by atoms with Gasteiger partial charge in [-0.25, -0.2) is 0 Å². The monoisotopic (exact) mass is 178 g/mol. The molecule has 1 fully saturated rings. The van der Waals surface area contributed by atoms with Gasteiger partial charge in [-0.1, -0.05) is 0 Å². The highest BCUT2D eigenvalue weighted by atomic mass is 16.7. The normalized spacial score (nSPS) is 43.0. The Morgan fingerprint density at radius 2 is 1.83 bits per heavy atom. The van der Waals surface area contributed by atoms with Crippen LogP contribution in [0.2, 0.25) is 0 Å². The van der Waals surface area contributed by atoms with Gasteiger partial charge in [-0.2, -0.15) is 0 Å². The molecule has 0 bridgehead atoms. The van der Waals surface area contributed by atoms with Crippen LogP contribution in [0.15, 0.2) is 0 Å². The molecule has 0 amide bonds. The van der Waals surface area contributed by atoms with Gasteiger partial charge in [-0.3, -0.25) is 0 Å². The molecule has 1 aliphatic rings. The lowest BCUT2D eigenvalue weighted by molar-refractivity contribution is -0.325. The zero-order valence-corrected chi connectivity index (χ0v) is 6.99. The highest BCUT2D eigenvalue weighted by Crippen LogP contribution is 2.22. The van der Waals surface area contributed by atoms with Gasteiger partial charge in [0, 0.05) is 0 Å². The first-order chi connectivity index (χ1) is 5.54. The van der Waals surface area contributed by atoms with E-state index < -0.39 is 18.0 Å². The largest absolute Gasteiger partial charge is 0.393 e. The molecule has 1 aliphatic heterocycles. The molecule has 1 saturated heterocycles. The maximum absolute atomic E-state index is 9.33. The molecule has 12 heavy (non-hydrogen) atoms. The molecule has 0 saturated carbocycles. The van der Waals surface area contributed by atoms with E-state index >= 15 is 0 Å². The van der Waals surface area contributed by atoms with Gasteiger partial charge in [-0.15, -0.1) is 0 Å². The van der Waals surface area contributed by atoms with Crippen LogP contribution in [0.25, 0.3) is 0 Å². The Balaban J connectivity index is 2.49. The zero-order chi connectivity index (χ0) is 9.24. The first kappa shape index (κ1) is 9.88. The second kappa shape index (κ2) is 3.27. The molecule has 0 aromatic heterocycles. The van der Waals surface area contributed by atoms with Crippen LogP contribution in [0.4, 0.5) is 0 Å². The highest BCUT2D eigenvalue weighted by Gasteiger charge is 2.40. The lowest BCUT2D eigenvalue weighted by Crippen LogP contribution is -2.55. The minimum absolute atomic E-state index is 0.0700. The van der Waals surface area contributed by atoms with Crippen molar-refractivity contribution in [2.45, 2.75) is 18.3 Å². The SMILES string of the molecule is CC1(CO)COC(O)(CO)CO1. The fourth-order valence-electron chi connectivity index (χ4n) is 0.840. The van der Waals surface area contributed by atoms with Crippen molar-refractivity contribution in [1.82, 2.24) is 0 Å². The number of aliphatic hydroxyl groups excluding tert-OH is 2. The molecule has 0 spiro atoms. The number of aliphatic hydroxyl groups is 3. The average Bonchev–Trinajstić information content (AvgIpc) is 2.11. The van der Waals surface area contributed by atoms with Crippen LogP contribution in [0.5, 0.6) is 0 Å². The van der Waals surface area contributed by atoms with E-state index in [0.717, 1.165) is 0 Å². The predicted molar refractivity (Wildman–Crippen MR) is 39.4 cm³/mol. The summed E-state index contributed by atoms with van der Waals surface area (Å²) in [4.78, 5) is 0. The Morgan fingerprint density at radius 3 is 2.17 bits per heavy atom. The fourth-order valence-corrected chi connectivity index (χ4v) is 0.840. The molecule has 0 aromatic rings. The van der Waals surface area contributed by atoms with Crippen LogP contribution < -0.4 is 0 Å². The summed E-state index contributed by atoms with van der Waals surface area (Å²) in [5, 5.41) is 26.8. The van der Waals surface area contributed by atoms with Crippen molar-refractivity contribution in [2.75, 3.05) is 26.4 Å². The zero-order valence-electron chi connectivity index (χ0n) is 6.99. The third kappa shape index (κ3) is 1.94. The Morgan fingerprint density at radius 1 is 1.17 bits per heavy atom. The molecular formula is C7H14O5. The smallest absolute Gasteiger partial charge is 0.213 e. The predicted octanol–water partition coefficient (Wildman–Crippen LogP) is -1.53. The minimum Gasteiger partial charge on any atom is -0.393 e. The van der Waals surface area contributed by atoms with Crippen molar-refractivity contribution in [3.05, 3.63) is 0 Å². The molecule has 0 radical (unpaired) electrons. The fraction of sp³-hybridized carbons (Fsp3) is 1.00. The van der Waals surface area contributed by atoms with E-state index in [1.807, 2.05) is 0 Å². The second-order valence-electron chi connectivity index (χ2n) is 3.29. The topological polar surface area (TPSA) is 79.2 Å². The molecule has 5 nitrogen and oxygen atoms in total. The summed E-state index contributed by atoms with van der Waals surface area (Å²) in [5.41, 5.74) is -0.762. The van der Waals surface area contributed by atoms with E-state index in [-0.39, 0.29) is 19.8 Å². The maximum atomic E-state index is 9.33. The number of hydrogen-bond acceptors (Lipinski definition) is 5. The van der Waals surface area contributed by atoms with Crippen LogP contribution in [0.3, 0.4) is 0 Å². The van der Waals surface area contributed by atoms with E-state index in [9.17, 15) is 5.11 Å². The summed E-state index contributed by atoms with van der Waals surface area (Å²) >= 11 is 0. The van der Waals surface area contributed by atoms with Crippen molar-refractivity contribution < 1.29 is 24.8 Å². The summed E-state index contributed by atoms with van der Waals surface area (Å²) in [6.45, 7) is 0.939. The Labute approximate surface area is 70.5 Å². The van der Waals surface area contributed by atoms with Crippen LogP contribution in [0, 0.1) is 0 Å². The van der Waals surface area contributed by atoms with Crippen molar-refractivity contribution in [1.29, 1.82) is 0 Å². The molecule has 2 unspecified atom stereocenters. The minimum atomic E-state index is -1.60. The summed E-state index contributed by atoms with van der Waals surface area (Å²) in [5.74, 6) is -1.60. The molecule has 3 N–H and O–H groups in total. The third-order valence-electron chi connectivity index (χ3n) is 1.87. The summed E-state index contributed by atoms with van der Waals surface area (Å²) < 4.78 is 10.1. The lowest BCUT2D eigenvalue weighted by Gasteiger charge is -2.40. The van der Waals surface area contributed by atoms with Gasteiger partial charge in [0.05, 0.1) is 19.8 Å². The van der Waals surface area contributed by atoms with E-state index in [0.29, 0.717) is 0 Å². The van der Waals surface area contributed by atoms with Gasteiger partial charge in [0.1, 0.15) is 12.2 Å². The van der Waals surface area contributed by atoms with Gasteiger partial charge in [0.25, 0.3) is 0 Å². The molecule has 0 aromatic carbocycles. The number of hydrogen-bond donors (Lipinski definition) is 3. The molecular weight excluding hydrogens is 164 g/mol. The second-order valence-corrected chi connectivity index (χ2v) is 3.29. The lowest BCUT2D eigenvalue weighted by atomic mass is 10.1. The van der Waals surface area contributed by atoms with E-state index in [2.05, 4.69) is 0 Å². The van der Waals surface area contributed by atoms with Crippen molar-refractivity contribution in [3.63, 3.8) is 0 Å². The molecule has 72 valence electrons. The maximum Gasteiger partial charge on any atom is 0.213 e. The van der Waals surface area contributed by atoms with E-state index in [4.69, 9.17) is 19.7 Å². The van der Waals surface area contributed by atoms with Crippen molar-refractivity contribution in [3.8, 4) is 0 Å². The molecule has 1 heterocycles. The van der Waals surface area contributed by atoms with E-state index in [1.54, 1.807) is 6.92 Å². The number of ether oxygens (including phenoxy) is 2. The molecule has 1 rings (SSSR count). The first-order valence-corrected chi connectivity index (χ1v) is 3.76. The summed E-state index contributed by atoms with van der Waals surface area (Å²) in [7, 11) is 0. The van der Waals surface area contributed by atoms with Gasteiger partial charge in [0.15, 0.2) is 0 Å². The van der Waals surface area contributed by atoms with Gasteiger partial charge < -0.3 is 24.8 Å². The van der Waals surface area contributed by atoms with Crippen LogP contribution in [0.1, 0.15) is 6.92 Å². The Kier molecular flexibility index (Phi) is 2.70. The molecule has 2 atom stereocenters. The van der Waals surface area contributed by atoms with E-state index in [1.165, 1.54) is 0 Å². The molecule has 5 heteroatoms. The standard InChI is InChI=1S/C7H14O5/c1-6(2-8)4-12-7(10,3-9)5-11-6/h8-10H,2-5H2,1H3. The highest BCUT2D eigenvalue weighted by molar-refractivity contribution is 4.82. The molecule has 0 aliphatic carbocycles. The average molecular weight is 178 g/mol. The first-order valence-electron chi connectivity index (χ1n) is 3.76. The van der Waals surface area contributed by atoms with Crippen LogP contribution in [-0.4, -0.2) is 53.1 Å². The van der Waals surface area contributed by atoms with Gasteiger partial charge in [-0.05, 0) is 6.92 Å². The van der Waals surface area contributed by atoms with Gasteiger partial charge >= 0.3 is 0 Å². The summed E-state index contributed by atoms with van der Waals surface area (Å²) in [6.07, 6.45) is 0. The third-order valence-corrected chi connectivity index (χ3v) is 1.87. The quantitative estimate of drug-likeness (QED) is 0.478. The van der Waals surface area contributed by atoms with Crippen molar-refractivity contribution >= 4 is 0 Å². The number of rotatable bonds is 2.